The van der Waals surface area contributed by atoms with E-state index in [1.807, 2.05) is 0 Å². The monoisotopic (exact) mass is 254 g/mol. The van der Waals surface area contributed by atoms with E-state index in [4.69, 9.17) is 0 Å². The van der Waals surface area contributed by atoms with Gasteiger partial charge in [-0.2, -0.15) is 0 Å². The maximum Gasteiger partial charge on any atom is 0.0610 e. The minimum atomic E-state index is -0.0168. The van der Waals surface area contributed by atoms with Crippen molar-refractivity contribution in [2.45, 2.75) is 58.0 Å². The Bertz CT molecular complexity index is 269. The molecule has 0 bridgehead atoms. The normalized spacial score (nSPS) is 38.5. The maximum absolute atomic E-state index is 9.39. The summed E-state index contributed by atoms with van der Waals surface area (Å²) >= 11 is 0. The van der Waals surface area contributed by atoms with E-state index in [0.717, 1.165) is 24.8 Å². The minimum absolute atomic E-state index is 0.0168. The molecule has 3 unspecified atom stereocenters. The Morgan fingerprint density at radius 3 is 2.78 bits per heavy atom. The van der Waals surface area contributed by atoms with Gasteiger partial charge in [0.25, 0.3) is 0 Å². The Morgan fingerprint density at radius 2 is 2.17 bits per heavy atom. The molecule has 0 radical (unpaired) electrons. The second-order valence-electron chi connectivity index (χ2n) is 7.00. The van der Waals surface area contributed by atoms with E-state index in [1.54, 1.807) is 0 Å². The SMILES string of the molecule is CC(C)N1CCCC(CC2CNC(C)(CO)C2)C1. The molecule has 3 atom stereocenters. The van der Waals surface area contributed by atoms with Gasteiger partial charge in [0.05, 0.1) is 6.61 Å². The first kappa shape index (κ1) is 14.3. The summed E-state index contributed by atoms with van der Waals surface area (Å²) in [7, 11) is 0. The van der Waals surface area contributed by atoms with Crippen LogP contribution in [0.1, 0.15) is 46.5 Å². The lowest BCUT2D eigenvalue weighted by molar-refractivity contribution is 0.125. The summed E-state index contributed by atoms with van der Waals surface area (Å²) in [5.41, 5.74) is -0.0168. The first-order valence-corrected chi connectivity index (χ1v) is 7.62. The van der Waals surface area contributed by atoms with E-state index in [9.17, 15) is 5.11 Å². The number of aliphatic hydroxyl groups excluding tert-OH is 1. The molecule has 3 nitrogen and oxygen atoms in total. The largest absolute Gasteiger partial charge is 0.394 e. The zero-order valence-electron chi connectivity index (χ0n) is 12.3. The number of aliphatic hydroxyl groups is 1. The lowest BCUT2D eigenvalue weighted by atomic mass is 9.84. The van der Waals surface area contributed by atoms with E-state index in [1.165, 1.54) is 32.4 Å². The zero-order chi connectivity index (χ0) is 13.2. The van der Waals surface area contributed by atoms with Gasteiger partial charge in [0.2, 0.25) is 0 Å². The number of nitrogens with one attached hydrogen (secondary N) is 1. The molecule has 2 aliphatic heterocycles. The average Bonchev–Trinajstić information content (AvgIpc) is 2.72. The highest BCUT2D eigenvalue weighted by Crippen LogP contribution is 2.31. The fourth-order valence-electron chi connectivity index (χ4n) is 3.69. The van der Waals surface area contributed by atoms with Crippen LogP contribution in [0.5, 0.6) is 0 Å². The molecule has 0 aromatic carbocycles. The fraction of sp³-hybridized carbons (Fsp3) is 1.00. The van der Waals surface area contributed by atoms with Crippen molar-refractivity contribution in [1.29, 1.82) is 0 Å². The quantitative estimate of drug-likeness (QED) is 0.804. The molecule has 2 N–H and O–H groups in total. The van der Waals surface area contributed by atoms with Crippen LogP contribution in [0, 0.1) is 11.8 Å². The molecule has 2 fully saturated rings. The van der Waals surface area contributed by atoms with Gasteiger partial charge in [0.1, 0.15) is 0 Å². The summed E-state index contributed by atoms with van der Waals surface area (Å²) in [5, 5.41) is 12.9. The van der Waals surface area contributed by atoms with Crippen molar-refractivity contribution in [3.05, 3.63) is 0 Å². The van der Waals surface area contributed by atoms with Crippen molar-refractivity contribution >= 4 is 0 Å². The van der Waals surface area contributed by atoms with Crippen molar-refractivity contribution in [2.24, 2.45) is 11.8 Å². The van der Waals surface area contributed by atoms with Crippen molar-refractivity contribution in [1.82, 2.24) is 10.2 Å². The van der Waals surface area contributed by atoms with Crippen LogP contribution in [0.2, 0.25) is 0 Å². The third kappa shape index (κ3) is 3.46. The number of rotatable bonds is 4. The van der Waals surface area contributed by atoms with Crippen molar-refractivity contribution in [3.63, 3.8) is 0 Å². The van der Waals surface area contributed by atoms with Gasteiger partial charge < -0.3 is 15.3 Å². The number of nitrogens with zero attached hydrogens (tertiary/aromatic N) is 1. The summed E-state index contributed by atoms with van der Waals surface area (Å²) in [5.74, 6) is 1.63. The van der Waals surface area contributed by atoms with Crippen LogP contribution in [0.15, 0.2) is 0 Å². The molecule has 2 rings (SSSR count). The molecule has 0 amide bonds. The van der Waals surface area contributed by atoms with Crippen LogP contribution in [0.25, 0.3) is 0 Å². The van der Waals surface area contributed by atoms with Gasteiger partial charge in [-0.25, -0.2) is 0 Å². The first-order valence-electron chi connectivity index (χ1n) is 7.62. The van der Waals surface area contributed by atoms with Crippen molar-refractivity contribution in [3.8, 4) is 0 Å². The van der Waals surface area contributed by atoms with Gasteiger partial charge in [-0.15, -0.1) is 0 Å². The van der Waals surface area contributed by atoms with Gasteiger partial charge in [-0.1, -0.05) is 0 Å². The summed E-state index contributed by atoms with van der Waals surface area (Å²) in [6.07, 6.45) is 5.24. The Morgan fingerprint density at radius 1 is 1.39 bits per heavy atom. The third-order valence-corrected chi connectivity index (χ3v) is 4.85. The standard InChI is InChI=1S/C15H30N2O/c1-12(2)17-6-4-5-13(10-17)7-14-8-15(3,11-18)16-9-14/h12-14,16,18H,4-11H2,1-3H3. The van der Waals surface area contributed by atoms with Crippen molar-refractivity contribution < 1.29 is 5.11 Å². The van der Waals surface area contributed by atoms with Gasteiger partial charge in [0.15, 0.2) is 0 Å². The second-order valence-corrected chi connectivity index (χ2v) is 7.00. The predicted molar refractivity (Wildman–Crippen MR) is 75.7 cm³/mol. The first-order chi connectivity index (χ1) is 8.52. The molecule has 0 aliphatic carbocycles. The molecule has 0 saturated carbocycles. The van der Waals surface area contributed by atoms with Gasteiger partial charge in [0, 0.05) is 18.1 Å². The highest BCUT2D eigenvalue weighted by atomic mass is 16.3. The molecule has 0 aromatic rings. The Hall–Kier alpha value is -0.120. The zero-order valence-corrected chi connectivity index (χ0v) is 12.3. The number of likely N-dealkylation sites (tertiary alicyclic amines) is 1. The van der Waals surface area contributed by atoms with E-state index >= 15 is 0 Å². The van der Waals surface area contributed by atoms with E-state index < -0.39 is 0 Å². The molecule has 3 heteroatoms. The second kappa shape index (κ2) is 5.89. The summed E-state index contributed by atoms with van der Waals surface area (Å²) in [4.78, 5) is 2.63. The number of hydrogen-bond acceptors (Lipinski definition) is 3. The molecule has 2 saturated heterocycles. The smallest absolute Gasteiger partial charge is 0.0610 e. The minimum Gasteiger partial charge on any atom is -0.394 e. The Balaban J connectivity index is 1.80. The Labute approximate surface area is 112 Å². The van der Waals surface area contributed by atoms with Crippen molar-refractivity contribution in [2.75, 3.05) is 26.2 Å². The van der Waals surface area contributed by atoms with Crippen LogP contribution in [-0.2, 0) is 0 Å². The van der Waals surface area contributed by atoms with Crippen LogP contribution in [0.3, 0.4) is 0 Å². The topological polar surface area (TPSA) is 35.5 Å². The molecular weight excluding hydrogens is 224 g/mol. The van der Waals surface area contributed by atoms with Crippen LogP contribution >= 0.6 is 0 Å². The molecule has 106 valence electrons. The highest BCUT2D eigenvalue weighted by Gasteiger charge is 2.35. The molecule has 0 spiro atoms. The van der Waals surface area contributed by atoms with Crippen LogP contribution in [0.4, 0.5) is 0 Å². The molecular formula is C15H30N2O. The van der Waals surface area contributed by atoms with Gasteiger partial charge in [-0.05, 0) is 71.4 Å². The highest BCUT2D eigenvalue weighted by molar-refractivity contribution is 4.93. The molecule has 2 heterocycles. The summed E-state index contributed by atoms with van der Waals surface area (Å²) in [6, 6.07) is 0.692. The molecule has 18 heavy (non-hydrogen) atoms. The van der Waals surface area contributed by atoms with Crippen LogP contribution in [-0.4, -0.2) is 47.8 Å². The maximum atomic E-state index is 9.39. The third-order valence-electron chi connectivity index (χ3n) is 4.85. The summed E-state index contributed by atoms with van der Waals surface area (Å²) in [6.45, 7) is 10.7. The molecule has 0 aromatic heterocycles. The van der Waals surface area contributed by atoms with Gasteiger partial charge >= 0.3 is 0 Å². The van der Waals surface area contributed by atoms with E-state index in [-0.39, 0.29) is 12.1 Å². The summed E-state index contributed by atoms with van der Waals surface area (Å²) < 4.78 is 0. The lowest BCUT2D eigenvalue weighted by Gasteiger charge is -2.36. The average molecular weight is 254 g/mol. The van der Waals surface area contributed by atoms with E-state index in [0.29, 0.717) is 6.04 Å². The number of hydrogen-bond donors (Lipinski definition) is 2. The lowest BCUT2D eigenvalue weighted by Crippen LogP contribution is -2.40. The number of piperidine rings is 1. The Kier molecular flexibility index (Phi) is 4.68. The van der Waals surface area contributed by atoms with Gasteiger partial charge in [-0.3, -0.25) is 0 Å². The predicted octanol–water partition coefficient (Wildman–Crippen LogP) is 1.86. The fourth-order valence-corrected chi connectivity index (χ4v) is 3.69. The molecule has 2 aliphatic rings. The van der Waals surface area contributed by atoms with Crippen LogP contribution < -0.4 is 5.32 Å². The van der Waals surface area contributed by atoms with E-state index in [2.05, 4.69) is 31.0 Å².